The fourth-order valence-corrected chi connectivity index (χ4v) is 3.39. The maximum atomic E-state index is 9.99. The van der Waals surface area contributed by atoms with Crippen molar-refractivity contribution in [1.82, 2.24) is 9.97 Å². The fraction of sp³-hybridized carbons (Fsp3) is 0.273. The normalized spacial score (nSPS) is 14.1. The highest BCUT2D eigenvalue weighted by Gasteiger charge is 2.11. The number of ether oxygens (including phenoxy) is 1. The third-order valence-electron chi connectivity index (χ3n) is 4.94. The molecule has 0 radical (unpaired) electrons. The summed E-state index contributed by atoms with van der Waals surface area (Å²) in [6.45, 7) is 7.17. The van der Waals surface area contributed by atoms with Gasteiger partial charge in [0.2, 0.25) is 5.95 Å². The molecule has 2 heterocycles. The average molecular weight is 376 g/mol. The van der Waals surface area contributed by atoms with Crippen molar-refractivity contribution in [1.29, 1.82) is 0 Å². The van der Waals surface area contributed by atoms with E-state index in [1.165, 1.54) is 5.69 Å². The third kappa shape index (κ3) is 3.92. The van der Waals surface area contributed by atoms with Gasteiger partial charge in [-0.25, -0.2) is 9.97 Å². The summed E-state index contributed by atoms with van der Waals surface area (Å²) in [5, 5.41) is 13.3. The van der Waals surface area contributed by atoms with Crippen LogP contribution in [0.5, 0.6) is 5.75 Å². The molecule has 6 nitrogen and oxygen atoms in total. The molecule has 0 saturated carbocycles. The van der Waals surface area contributed by atoms with Gasteiger partial charge in [0, 0.05) is 36.2 Å². The van der Waals surface area contributed by atoms with Crippen LogP contribution >= 0.6 is 0 Å². The van der Waals surface area contributed by atoms with Gasteiger partial charge < -0.3 is 20.1 Å². The summed E-state index contributed by atoms with van der Waals surface area (Å²) in [4.78, 5) is 11.3. The Bertz CT molecular complexity index is 944. The number of hydrogen-bond donors (Lipinski definition) is 2. The molecule has 0 bridgehead atoms. The number of aryl methyl sites for hydroxylation is 2. The smallest absolute Gasteiger partial charge is 0.227 e. The minimum absolute atomic E-state index is 0.330. The number of aromatic hydroxyl groups is 1. The van der Waals surface area contributed by atoms with Crippen molar-refractivity contribution in [2.45, 2.75) is 13.8 Å². The zero-order valence-corrected chi connectivity index (χ0v) is 16.1. The van der Waals surface area contributed by atoms with Gasteiger partial charge in [0.05, 0.1) is 18.9 Å². The molecule has 0 spiro atoms. The minimum atomic E-state index is 0.330. The molecule has 1 aliphatic rings. The Kier molecular flexibility index (Phi) is 5.12. The lowest BCUT2D eigenvalue weighted by Gasteiger charge is -2.28. The predicted octanol–water partition coefficient (Wildman–Crippen LogP) is 4.05. The van der Waals surface area contributed by atoms with E-state index >= 15 is 0 Å². The molecule has 6 heteroatoms. The lowest BCUT2D eigenvalue weighted by Crippen LogP contribution is -2.36. The maximum absolute atomic E-state index is 9.99. The van der Waals surface area contributed by atoms with Crippen LogP contribution in [-0.4, -0.2) is 41.4 Å². The van der Waals surface area contributed by atoms with Crippen LogP contribution in [0.4, 0.5) is 17.3 Å². The van der Waals surface area contributed by atoms with Gasteiger partial charge in [-0.3, -0.25) is 0 Å². The first-order chi connectivity index (χ1) is 13.6. The Morgan fingerprint density at radius 1 is 1.00 bits per heavy atom. The minimum Gasteiger partial charge on any atom is -0.507 e. The second-order valence-corrected chi connectivity index (χ2v) is 7.00. The van der Waals surface area contributed by atoms with Crippen molar-refractivity contribution in [2.75, 3.05) is 36.5 Å². The van der Waals surface area contributed by atoms with Crippen LogP contribution in [0.25, 0.3) is 11.3 Å². The highest BCUT2D eigenvalue weighted by molar-refractivity contribution is 5.66. The first kappa shape index (κ1) is 18.3. The summed E-state index contributed by atoms with van der Waals surface area (Å²) in [6.07, 6.45) is 1.74. The average Bonchev–Trinajstić information content (AvgIpc) is 2.73. The largest absolute Gasteiger partial charge is 0.507 e. The molecule has 1 aliphatic heterocycles. The molecule has 0 aliphatic carbocycles. The van der Waals surface area contributed by atoms with Gasteiger partial charge >= 0.3 is 0 Å². The van der Waals surface area contributed by atoms with Crippen LogP contribution in [0.1, 0.15) is 11.1 Å². The van der Waals surface area contributed by atoms with Crippen LogP contribution in [0.3, 0.4) is 0 Å². The van der Waals surface area contributed by atoms with Crippen molar-refractivity contribution < 1.29 is 9.84 Å². The van der Waals surface area contributed by atoms with E-state index in [1.54, 1.807) is 6.20 Å². The monoisotopic (exact) mass is 376 g/mol. The maximum Gasteiger partial charge on any atom is 0.227 e. The Hall–Kier alpha value is -3.12. The van der Waals surface area contributed by atoms with E-state index in [0.717, 1.165) is 54.4 Å². The zero-order chi connectivity index (χ0) is 19.5. The summed E-state index contributed by atoms with van der Waals surface area (Å²) in [5.74, 6) is 0.872. The molecular formula is C22H24N4O2. The Balaban J connectivity index is 1.52. The molecule has 1 saturated heterocycles. The van der Waals surface area contributed by atoms with Gasteiger partial charge in [-0.1, -0.05) is 0 Å². The van der Waals surface area contributed by atoms with Crippen molar-refractivity contribution in [3.63, 3.8) is 0 Å². The molecule has 144 valence electrons. The molecule has 4 rings (SSSR count). The van der Waals surface area contributed by atoms with Gasteiger partial charge in [0.25, 0.3) is 0 Å². The van der Waals surface area contributed by atoms with E-state index in [1.807, 2.05) is 44.2 Å². The number of benzene rings is 2. The van der Waals surface area contributed by atoms with Gasteiger partial charge in [-0.15, -0.1) is 0 Å². The number of phenolic OH excluding ortho intramolecular Hbond substituents is 1. The summed E-state index contributed by atoms with van der Waals surface area (Å²) >= 11 is 0. The standard InChI is InChI=1S/C22H24N4O2/c1-15-13-17(14-16(2)21(15)27)20-7-8-23-22(25-20)24-18-3-5-19(6-4-18)26-9-11-28-12-10-26/h3-8,13-14,27H,9-12H2,1-2H3,(H,23,24,25). The number of morpholine rings is 1. The van der Waals surface area contributed by atoms with Crippen molar-refractivity contribution in [3.8, 4) is 17.0 Å². The van der Waals surface area contributed by atoms with Crippen LogP contribution in [0.15, 0.2) is 48.7 Å². The molecule has 0 unspecified atom stereocenters. The Morgan fingerprint density at radius 2 is 1.68 bits per heavy atom. The first-order valence-electron chi connectivity index (χ1n) is 9.43. The number of nitrogens with one attached hydrogen (secondary N) is 1. The van der Waals surface area contributed by atoms with Gasteiger partial charge in [0.15, 0.2) is 0 Å². The molecule has 28 heavy (non-hydrogen) atoms. The van der Waals surface area contributed by atoms with Gasteiger partial charge in [-0.2, -0.15) is 0 Å². The first-order valence-corrected chi connectivity index (χ1v) is 9.43. The van der Waals surface area contributed by atoms with Crippen LogP contribution in [0.2, 0.25) is 0 Å². The molecular weight excluding hydrogens is 352 g/mol. The zero-order valence-electron chi connectivity index (χ0n) is 16.1. The van der Waals surface area contributed by atoms with Gasteiger partial charge in [-0.05, 0) is 67.4 Å². The summed E-state index contributed by atoms with van der Waals surface area (Å²) in [7, 11) is 0. The van der Waals surface area contributed by atoms with Crippen molar-refractivity contribution in [2.24, 2.45) is 0 Å². The fourth-order valence-electron chi connectivity index (χ4n) is 3.39. The van der Waals surface area contributed by atoms with E-state index in [0.29, 0.717) is 11.7 Å². The van der Waals surface area contributed by atoms with Gasteiger partial charge in [0.1, 0.15) is 5.75 Å². The molecule has 0 atom stereocenters. The predicted molar refractivity (Wildman–Crippen MR) is 111 cm³/mol. The van der Waals surface area contributed by atoms with E-state index in [4.69, 9.17) is 4.74 Å². The van der Waals surface area contributed by atoms with E-state index in [2.05, 4.69) is 32.3 Å². The SMILES string of the molecule is Cc1cc(-c2ccnc(Nc3ccc(N4CCOCC4)cc3)n2)cc(C)c1O. The van der Waals surface area contributed by atoms with E-state index in [9.17, 15) is 5.11 Å². The number of hydrogen-bond acceptors (Lipinski definition) is 6. The second-order valence-electron chi connectivity index (χ2n) is 7.00. The number of phenols is 1. The summed E-state index contributed by atoms with van der Waals surface area (Å²) in [5.41, 5.74) is 5.57. The third-order valence-corrected chi connectivity index (χ3v) is 4.94. The summed E-state index contributed by atoms with van der Waals surface area (Å²) < 4.78 is 5.41. The van der Waals surface area contributed by atoms with Crippen LogP contribution in [0, 0.1) is 13.8 Å². The topological polar surface area (TPSA) is 70.5 Å². The van der Waals surface area contributed by atoms with E-state index < -0.39 is 0 Å². The second kappa shape index (κ2) is 7.86. The van der Waals surface area contributed by atoms with Crippen LogP contribution < -0.4 is 10.2 Å². The van der Waals surface area contributed by atoms with Crippen LogP contribution in [-0.2, 0) is 4.74 Å². The summed E-state index contributed by atoms with van der Waals surface area (Å²) in [6, 6.07) is 14.0. The lowest BCUT2D eigenvalue weighted by molar-refractivity contribution is 0.122. The number of rotatable bonds is 4. The molecule has 1 fully saturated rings. The molecule has 2 aromatic carbocycles. The Labute approximate surface area is 164 Å². The number of anilines is 3. The Morgan fingerprint density at radius 3 is 2.36 bits per heavy atom. The quantitative estimate of drug-likeness (QED) is 0.716. The molecule has 0 amide bonds. The molecule has 3 aromatic rings. The highest BCUT2D eigenvalue weighted by atomic mass is 16.5. The highest BCUT2D eigenvalue weighted by Crippen LogP contribution is 2.29. The molecule has 2 N–H and O–H groups in total. The molecule has 1 aromatic heterocycles. The van der Waals surface area contributed by atoms with Crippen molar-refractivity contribution >= 4 is 17.3 Å². The number of nitrogens with zero attached hydrogens (tertiary/aromatic N) is 3. The van der Waals surface area contributed by atoms with Crippen molar-refractivity contribution in [3.05, 3.63) is 59.8 Å². The van der Waals surface area contributed by atoms with E-state index in [-0.39, 0.29) is 0 Å². The lowest BCUT2D eigenvalue weighted by atomic mass is 10.0. The number of aromatic nitrogens is 2.